The monoisotopic (exact) mass is 351 g/mol. The van der Waals surface area contributed by atoms with Crippen LogP contribution in [0.4, 0.5) is 0 Å². The van der Waals surface area contributed by atoms with Crippen molar-refractivity contribution in [2.45, 2.75) is 18.2 Å². The van der Waals surface area contributed by atoms with E-state index >= 15 is 0 Å². The third-order valence-corrected chi connectivity index (χ3v) is 3.98. The predicted octanol–water partition coefficient (Wildman–Crippen LogP) is 1.25. The Balaban J connectivity index is 2.07. The SMILES string of the molecule is CS(=O)(=O)Cc1ccc(C(=O)NC(Cc2ccccc2)C(=O)O)o1. The van der Waals surface area contributed by atoms with E-state index in [2.05, 4.69) is 5.32 Å². The second-order valence-electron chi connectivity index (χ2n) is 5.39. The quantitative estimate of drug-likeness (QED) is 0.776. The Labute approximate surface area is 139 Å². The zero-order chi connectivity index (χ0) is 17.7. The number of rotatable bonds is 7. The van der Waals surface area contributed by atoms with Crippen LogP contribution < -0.4 is 5.32 Å². The molecule has 1 aromatic carbocycles. The molecule has 0 aliphatic carbocycles. The zero-order valence-corrected chi connectivity index (χ0v) is 13.7. The van der Waals surface area contributed by atoms with E-state index in [-0.39, 0.29) is 23.7 Å². The van der Waals surface area contributed by atoms with Gasteiger partial charge in [-0.3, -0.25) is 4.79 Å². The minimum absolute atomic E-state index is 0.123. The second kappa shape index (κ2) is 7.31. The molecule has 0 fully saturated rings. The maximum absolute atomic E-state index is 12.1. The summed E-state index contributed by atoms with van der Waals surface area (Å²) in [6.45, 7) is 0. The molecular weight excluding hydrogens is 334 g/mol. The summed E-state index contributed by atoms with van der Waals surface area (Å²) in [5, 5.41) is 11.6. The van der Waals surface area contributed by atoms with Gasteiger partial charge in [0.15, 0.2) is 15.6 Å². The highest BCUT2D eigenvalue weighted by Gasteiger charge is 2.23. The smallest absolute Gasteiger partial charge is 0.326 e. The molecule has 7 nitrogen and oxygen atoms in total. The number of nitrogens with one attached hydrogen (secondary N) is 1. The number of carbonyl (C=O) groups is 2. The Kier molecular flexibility index (Phi) is 5.40. The predicted molar refractivity (Wildman–Crippen MR) is 86.3 cm³/mol. The fourth-order valence-electron chi connectivity index (χ4n) is 2.12. The lowest BCUT2D eigenvalue weighted by atomic mass is 10.1. The van der Waals surface area contributed by atoms with Crippen molar-refractivity contribution >= 4 is 21.7 Å². The summed E-state index contributed by atoms with van der Waals surface area (Å²) in [7, 11) is -3.29. The van der Waals surface area contributed by atoms with Gasteiger partial charge in [0.05, 0.1) is 0 Å². The van der Waals surface area contributed by atoms with Gasteiger partial charge in [-0.1, -0.05) is 30.3 Å². The molecular formula is C16H17NO6S. The lowest BCUT2D eigenvalue weighted by Crippen LogP contribution is -2.42. The minimum atomic E-state index is -3.29. The molecule has 1 heterocycles. The Morgan fingerprint density at radius 2 is 1.83 bits per heavy atom. The molecule has 2 rings (SSSR count). The number of furan rings is 1. The van der Waals surface area contributed by atoms with E-state index in [0.29, 0.717) is 0 Å². The number of aliphatic carboxylic acids is 1. The minimum Gasteiger partial charge on any atom is -0.480 e. The molecule has 128 valence electrons. The van der Waals surface area contributed by atoms with E-state index in [1.54, 1.807) is 24.3 Å². The van der Waals surface area contributed by atoms with Gasteiger partial charge < -0.3 is 14.8 Å². The third kappa shape index (κ3) is 5.24. The van der Waals surface area contributed by atoms with E-state index in [0.717, 1.165) is 11.8 Å². The number of hydrogen-bond donors (Lipinski definition) is 2. The van der Waals surface area contributed by atoms with Gasteiger partial charge in [-0.25, -0.2) is 13.2 Å². The Morgan fingerprint density at radius 1 is 1.17 bits per heavy atom. The summed E-state index contributed by atoms with van der Waals surface area (Å²) in [4.78, 5) is 23.4. The van der Waals surface area contributed by atoms with Crippen LogP contribution in [0.3, 0.4) is 0 Å². The molecule has 1 amide bonds. The molecule has 0 spiro atoms. The molecule has 1 aromatic heterocycles. The molecule has 0 radical (unpaired) electrons. The van der Waals surface area contributed by atoms with Crippen molar-refractivity contribution in [3.63, 3.8) is 0 Å². The highest BCUT2D eigenvalue weighted by Crippen LogP contribution is 2.12. The van der Waals surface area contributed by atoms with Crippen LogP contribution in [0, 0.1) is 0 Å². The van der Waals surface area contributed by atoms with Crippen molar-refractivity contribution in [3.05, 3.63) is 59.5 Å². The number of carbonyl (C=O) groups excluding carboxylic acids is 1. The van der Waals surface area contributed by atoms with Crippen LogP contribution in [0.1, 0.15) is 21.9 Å². The van der Waals surface area contributed by atoms with E-state index in [9.17, 15) is 23.1 Å². The first-order chi connectivity index (χ1) is 11.2. The second-order valence-corrected chi connectivity index (χ2v) is 7.53. The number of benzene rings is 1. The first-order valence-corrected chi connectivity index (χ1v) is 9.14. The lowest BCUT2D eigenvalue weighted by Gasteiger charge is -2.13. The van der Waals surface area contributed by atoms with Crippen LogP contribution in [0.5, 0.6) is 0 Å². The number of amides is 1. The third-order valence-electron chi connectivity index (χ3n) is 3.18. The van der Waals surface area contributed by atoms with Crippen molar-refractivity contribution in [3.8, 4) is 0 Å². The van der Waals surface area contributed by atoms with Crippen molar-refractivity contribution in [2.75, 3.05) is 6.26 Å². The van der Waals surface area contributed by atoms with Crippen LogP contribution in [0.15, 0.2) is 46.9 Å². The molecule has 0 aliphatic rings. The number of carboxylic acids is 1. The average Bonchev–Trinajstić information content (AvgIpc) is 2.94. The van der Waals surface area contributed by atoms with Crippen LogP contribution in [0.25, 0.3) is 0 Å². The first-order valence-electron chi connectivity index (χ1n) is 7.08. The highest BCUT2D eigenvalue weighted by atomic mass is 32.2. The molecule has 0 bridgehead atoms. The van der Waals surface area contributed by atoms with Crippen LogP contribution in [-0.2, 0) is 26.8 Å². The molecule has 1 atom stereocenters. The summed E-state index contributed by atoms with van der Waals surface area (Å²) in [6.07, 6.45) is 1.18. The molecule has 0 saturated carbocycles. The molecule has 0 saturated heterocycles. The first kappa shape index (κ1) is 17.7. The molecule has 2 N–H and O–H groups in total. The van der Waals surface area contributed by atoms with Gasteiger partial charge in [0, 0.05) is 12.7 Å². The van der Waals surface area contributed by atoms with Crippen LogP contribution in [0.2, 0.25) is 0 Å². The number of sulfone groups is 1. The average molecular weight is 351 g/mol. The van der Waals surface area contributed by atoms with Gasteiger partial charge in [-0.05, 0) is 17.7 Å². The molecule has 8 heteroatoms. The van der Waals surface area contributed by atoms with Gasteiger partial charge in [-0.2, -0.15) is 0 Å². The molecule has 24 heavy (non-hydrogen) atoms. The fraction of sp³-hybridized carbons (Fsp3) is 0.250. The van der Waals surface area contributed by atoms with Gasteiger partial charge in [0.25, 0.3) is 5.91 Å². The number of hydrogen-bond acceptors (Lipinski definition) is 5. The Bertz CT molecular complexity index is 825. The number of carboxylic acid groups (broad SMARTS) is 1. The van der Waals surface area contributed by atoms with Gasteiger partial charge in [0.1, 0.15) is 17.6 Å². The Hall–Kier alpha value is -2.61. The van der Waals surface area contributed by atoms with Crippen LogP contribution in [-0.4, -0.2) is 37.7 Å². The standard InChI is InChI=1S/C16H17NO6S/c1-24(21,22)10-12-7-8-14(23-12)15(18)17-13(16(19)20)9-11-5-3-2-4-6-11/h2-8,13H,9-10H2,1H3,(H,17,18)(H,19,20). The summed E-state index contributed by atoms with van der Waals surface area (Å²) >= 11 is 0. The maximum atomic E-state index is 12.1. The summed E-state index contributed by atoms with van der Waals surface area (Å²) in [5.41, 5.74) is 0.766. The molecule has 2 aromatic rings. The van der Waals surface area contributed by atoms with E-state index in [1.807, 2.05) is 6.07 Å². The fourth-order valence-corrected chi connectivity index (χ4v) is 2.79. The van der Waals surface area contributed by atoms with Gasteiger partial charge in [-0.15, -0.1) is 0 Å². The van der Waals surface area contributed by atoms with Gasteiger partial charge in [0.2, 0.25) is 0 Å². The van der Waals surface area contributed by atoms with Crippen molar-refractivity contribution in [1.82, 2.24) is 5.32 Å². The van der Waals surface area contributed by atoms with Gasteiger partial charge >= 0.3 is 5.97 Å². The topological polar surface area (TPSA) is 114 Å². The molecule has 0 aliphatic heterocycles. The normalized spacial score (nSPS) is 12.5. The lowest BCUT2D eigenvalue weighted by molar-refractivity contribution is -0.139. The summed E-state index contributed by atoms with van der Waals surface area (Å²) in [5.74, 6) is -2.22. The summed E-state index contributed by atoms with van der Waals surface area (Å²) in [6, 6.07) is 10.5. The van der Waals surface area contributed by atoms with E-state index in [4.69, 9.17) is 4.42 Å². The van der Waals surface area contributed by atoms with Crippen LogP contribution >= 0.6 is 0 Å². The zero-order valence-electron chi connectivity index (χ0n) is 12.9. The Morgan fingerprint density at radius 3 is 2.42 bits per heavy atom. The van der Waals surface area contributed by atoms with E-state index < -0.39 is 27.8 Å². The van der Waals surface area contributed by atoms with Crippen molar-refractivity contribution in [1.29, 1.82) is 0 Å². The highest BCUT2D eigenvalue weighted by molar-refractivity contribution is 7.89. The molecule has 1 unspecified atom stereocenters. The largest absolute Gasteiger partial charge is 0.480 e. The van der Waals surface area contributed by atoms with Crippen molar-refractivity contribution < 1.29 is 27.5 Å². The van der Waals surface area contributed by atoms with Crippen molar-refractivity contribution in [2.24, 2.45) is 0 Å². The van der Waals surface area contributed by atoms with E-state index in [1.165, 1.54) is 12.1 Å². The summed E-state index contributed by atoms with van der Waals surface area (Å²) < 4.78 is 27.6. The maximum Gasteiger partial charge on any atom is 0.326 e.